The molecule has 0 radical (unpaired) electrons. The standard InChI is InChI=1S/C21H23Cl2N3O4/c1-11-9-16-25(20(28)30-21(3,4)5)12(2)17(19(27)29-6)18(26(16)24-11)13-7-8-14(22)15(23)10-13/h7-10,18H,1-6H3/t18-/m1/s1. The van der Waals surface area contributed by atoms with E-state index in [4.69, 9.17) is 32.7 Å². The number of fused-ring (bicyclic) bond motifs is 1. The summed E-state index contributed by atoms with van der Waals surface area (Å²) in [6, 6.07) is 6.19. The maximum Gasteiger partial charge on any atom is 0.420 e. The number of benzene rings is 1. The number of amides is 1. The number of halogens is 2. The zero-order chi connectivity index (χ0) is 22.4. The molecule has 160 valence electrons. The lowest BCUT2D eigenvalue weighted by atomic mass is 9.95. The predicted octanol–water partition coefficient (Wildman–Crippen LogP) is 5.29. The van der Waals surface area contributed by atoms with E-state index < -0.39 is 23.7 Å². The van der Waals surface area contributed by atoms with Crippen LogP contribution in [0.15, 0.2) is 35.5 Å². The van der Waals surface area contributed by atoms with Gasteiger partial charge in [0, 0.05) is 11.8 Å². The van der Waals surface area contributed by atoms with E-state index in [1.807, 2.05) is 0 Å². The van der Waals surface area contributed by atoms with E-state index in [2.05, 4.69) is 5.10 Å². The molecule has 1 amide bonds. The molecule has 0 aliphatic carbocycles. The van der Waals surface area contributed by atoms with E-state index in [1.165, 1.54) is 12.0 Å². The van der Waals surface area contributed by atoms with Crippen molar-refractivity contribution in [2.45, 2.75) is 46.3 Å². The molecule has 0 spiro atoms. The number of carbonyl (C=O) groups excluding carboxylic acids is 2. The fourth-order valence-corrected chi connectivity index (χ4v) is 3.68. The van der Waals surface area contributed by atoms with Gasteiger partial charge in [-0.25, -0.2) is 19.2 Å². The normalized spacial score (nSPS) is 16.4. The van der Waals surface area contributed by atoms with Gasteiger partial charge in [-0.2, -0.15) is 5.10 Å². The van der Waals surface area contributed by atoms with Gasteiger partial charge in [0.15, 0.2) is 0 Å². The van der Waals surface area contributed by atoms with Crippen LogP contribution in [-0.4, -0.2) is 34.6 Å². The molecule has 0 saturated carbocycles. The molecule has 9 heteroatoms. The van der Waals surface area contributed by atoms with Crippen molar-refractivity contribution in [3.05, 3.63) is 56.8 Å². The first kappa shape index (κ1) is 22.2. The molecule has 0 unspecified atom stereocenters. The molecular formula is C21H23Cl2N3O4. The fraction of sp³-hybridized carbons (Fsp3) is 0.381. The largest absolute Gasteiger partial charge is 0.466 e. The Bertz CT molecular complexity index is 1050. The number of ether oxygens (including phenoxy) is 2. The van der Waals surface area contributed by atoms with E-state index in [1.54, 1.807) is 63.6 Å². The molecule has 1 atom stereocenters. The summed E-state index contributed by atoms with van der Waals surface area (Å²) in [5.74, 6) is -0.112. The van der Waals surface area contributed by atoms with E-state index in [9.17, 15) is 9.59 Å². The molecule has 1 aromatic carbocycles. The number of esters is 1. The molecule has 0 bridgehead atoms. The van der Waals surface area contributed by atoms with Gasteiger partial charge in [-0.15, -0.1) is 0 Å². The van der Waals surface area contributed by atoms with Crippen LogP contribution in [0.1, 0.15) is 45.0 Å². The van der Waals surface area contributed by atoms with Crippen LogP contribution in [0.25, 0.3) is 0 Å². The highest BCUT2D eigenvalue weighted by atomic mass is 35.5. The van der Waals surface area contributed by atoms with Crippen molar-refractivity contribution in [3.63, 3.8) is 0 Å². The van der Waals surface area contributed by atoms with Gasteiger partial charge in [0.05, 0.1) is 28.4 Å². The molecule has 3 rings (SSSR count). The van der Waals surface area contributed by atoms with Gasteiger partial charge in [0.2, 0.25) is 0 Å². The van der Waals surface area contributed by atoms with Crippen molar-refractivity contribution in [2.75, 3.05) is 12.0 Å². The second-order valence-electron chi connectivity index (χ2n) is 7.97. The Morgan fingerprint density at radius 3 is 2.33 bits per heavy atom. The topological polar surface area (TPSA) is 73.7 Å². The van der Waals surface area contributed by atoms with E-state index in [0.717, 1.165) is 0 Å². The summed E-state index contributed by atoms with van der Waals surface area (Å²) in [5.41, 5.74) is 1.26. The summed E-state index contributed by atoms with van der Waals surface area (Å²) < 4.78 is 12.2. The molecule has 1 aliphatic heterocycles. The van der Waals surface area contributed by atoms with Gasteiger partial charge in [-0.3, -0.25) is 0 Å². The Morgan fingerprint density at radius 2 is 1.77 bits per heavy atom. The number of hydrogen-bond donors (Lipinski definition) is 0. The lowest BCUT2D eigenvalue weighted by molar-refractivity contribution is -0.136. The average molecular weight is 452 g/mol. The maximum absolute atomic E-state index is 13.0. The fourth-order valence-electron chi connectivity index (χ4n) is 3.37. The highest BCUT2D eigenvalue weighted by Gasteiger charge is 2.41. The van der Waals surface area contributed by atoms with Crippen LogP contribution in [-0.2, 0) is 14.3 Å². The predicted molar refractivity (Wildman–Crippen MR) is 115 cm³/mol. The summed E-state index contributed by atoms with van der Waals surface area (Å²) in [6.07, 6.45) is -0.616. The Kier molecular flexibility index (Phi) is 5.89. The van der Waals surface area contributed by atoms with Crippen LogP contribution in [0.2, 0.25) is 10.0 Å². The molecule has 0 fully saturated rings. The average Bonchev–Trinajstić information content (AvgIpc) is 3.01. The van der Waals surface area contributed by atoms with E-state index in [-0.39, 0.29) is 5.57 Å². The number of nitrogens with zero attached hydrogens (tertiary/aromatic N) is 3. The number of aromatic nitrogens is 2. The number of aryl methyl sites for hydroxylation is 1. The van der Waals surface area contributed by atoms with Crippen molar-refractivity contribution >= 4 is 41.1 Å². The minimum absolute atomic E-state index is 0.248. The summed E-state index contributed by atoms with van der Waals surface area (Å²) >= 11 is 12.3. The van der Waals surface area contributed by atoms with Crippen LogP contribution in [0.5, 0.6) is 0 Å². The molecule has 30 heavy (non-hydrogen) atoms. The van der Waals surface area contributed by atoms with Gasteiger partial charge in [-0.05, 0) is 52.3 Å². The Hall–Kier alpha value is -2.51. The Balaban J connectivity index is 2.26. The van der Waals surface area contributed by atoms with E-state index in [0.29, 0.717) is 32.8 Å². The first-order valence-corrected chi connectivity index (χ1v) is 10.0. The molecular weight excluding hydrogens is 429 g/mol. The van der Waals surface area contributed by atoms with Crippen LogP contribution < -0.4 is 4.90 Å². The Labute approximate surface area is 185 Å². The summed E-state index contributed by atoms with van der Waals surface area (Å²) in [5, 5.41) is 5.28. The number of rotatable bonds is 2. The first-order valence-electron chi connectivity index (χ1n) is 9.28. The third kappa shape index (κ3) is 4.04. The summed E-state index contributed by atoms with van der Waals surface area (Å²) in [4.78, 5) is 27.2. The van der Waals surface area contributed by atoms with Crippen molar-refractivity contribution < 1.29 is 19.1 Å². The molecule has 0 saturated heterocycles. The maximum atomic E-state index is 13.0. The lowest BCUT2D eigenvalue weighted by Crippen LogP contribution is -2.42. The Morgan fingerprint density at radius 1 is 1.10 bits per heavy atom. The van der Waals surface area contributed by atoms with Crippen LogP contribution in [0.4, 0.5) is 10.6 Å². The quantitative estimate of drug-likeness (QED) is 0.579. The highest BCUT2D eigenvalue weighted by Crippen LogP contribution is 2.41. The van der Waals surface area contributed by atoms with Gasteiger partial charge in [-0.1, -0.05) is 29.3 Å². The van der Waals surface area contributed by atoms with Crippen molar-refractivity contribution in [2.24, 2.45) is 0 Å². The number of anilines is 1. The minimum Gasteiger partial charge on any atom is -0.466 e. The SMILES string of the molecule is COC(=O)C1=C(C)N(C(=O)OC(C)(C)C)c2cc(C)nn2[C@@H]1c1ccc(Cl)c(Cl)c1. The smallest absolute Gasteiger partial charge is 0.420 e. The molecule has 1 aromatic heterocycles. The van der Waals surface area contributed by atoms with Gasteiger partial charge in [0.25, 0.3) is 0 Å². The monoisotopic (exact) mass is 451 g/mol. The number of allylic oxidation sites excluding steroid dienone is 1. The third-order valence-electron chi connectivity index (χ3n) is 4.55. The number of hydrogen-bond acceptors (Lipinski definition) is 5. The van der Waals surface area contributed by atoms with Crippen molar-refractivity contribution in [1.82, 2.24) is 9.78 Å². The van der Waals surface area contributed by atoms with Gasteiger partial charge in [0.1, 0.15) is 17.5 Å². The van der Waals surface area contributed by atoms with Crippen molar-refractivity contribution in [1.29, 1.82) is 0 Å². The van der Waals surface area contributed by atoms with Crippen LogP contribution in [0.3, 0.4) is 0 Å². The van der Waals surface area contributed by atoms with Crippen molar-refractivity contribution in [3.8, 4) is 0 Å². The van der Waals surface area contributed by atoms with Gasteiger partial charge >= 0.3 is 12.1 Å². The van der Waals surface area contributed by atoms with Crippen LogP contribution in [0, 0.1) is 6.92 Å². The molecule has 0 N–H and O–H groups in total. The minimum atomic E-state index is -0.719. The lowest BCUT2D eigenvalue weighted by Gasteiger charge is -2.36. The van der Waals surface area contributed by atoms with Gasteiger partial charge < -0.3 is 9.47 Å². The van der Waals surface area contributed by atoms with E-state index >= 15 is 0 Å². The summed E-state index contributed by atoms with van der Waals surface area (Å²) in [6.45, 7) is 8.80. The first-order chi connectivity index (χ1) is 13.9. The molecule has 2 aromatic rings. The molecule has 2 heterocycles. The second-order valence-corrected chi connectivity index (χ2v) is 8.79. The zero-order valence-electron chi connectivity index (χ0n) is 17.6. The molecule has 7 nitrogen and oxygen atoms in total. The second kappa shape index (κ2) is 7.96. The van der Waals surface area contributed by atoms with Crippen LogP contribution >= 0.6 is 23.2 Å². The number of methoxy groups -OCH3 is 1. The zero-order valence-corrected chi connectivity index (χ0v) is 19.1. The number of carbonyl (C=O) groups is 2. The highest BCUT2D eigenvalue weighted by molar-refractivity contribution is 6.42. The molecule has 1 aliphatic rings. The summed E-state index contributed by atoms with van der Waals surface area (Å²) in [7, 11) is 1.29. The third-order valence-corrected chi connectivity index (χ3v) is 5.29.